The van der Waals surface area contributed by atoms with Gasteiger partial charge in [-0.25, -0.2) is 4.79 Å². The van der Waals surface area contributed by atoms with Crippen LogP contribution in [0.15, 0.2) is 0 Å². The van der Waals surface area contributed by atoms with Crippen LogP contribution in [0.25, 0.3) is 0 Å². The summed E-state index contributed by atoms with van der Waals surface area (Å²) < 4.78 is 14.6. The Balaban J connectivity index is 2.34. The lowest BCUT2D eigenvalue weighted by atomic mass is 10.5. The van der Waals surface area contributed by atoms with Gasteiger partial charge in [-0.2, -0.15) is 13.9 Å². The highest BCUT2D eigenvalue weighted by Gasteiger charge is 2.46. The Bertz CT molecular complexity index is 241. The average molecular weight is 219 g/mol. The van der Waals surface area contributed by atoms with E-state index in [0.29, 0.717) is 13.2 Å². The predicted molar refractivity (Wildman–Crippen MR) is 50.3 cm³/mol. The van der Waals surface area contributed by atoms with Crippen LogP contribution in [0.1, 0.15) is 6.42 Å². The lowest BCUT2D eigenvalue weighted by Gasteiger charge is -2.19. The van der Waals surface area contributed by atoms with Gasteiger partial charge < -0.3 is 4.74 Å². The standard InChI is InChI=1S/C8H12O5P/c1-2-4-11-8(9)7-14(10)12-5-3-6-13-14/h1,10H,3-7H2/q+1. The number of terminal acetylenes is 1. The van der Waals surface area contributed by atoms with Crippen molar-refractivity contribution >= 4 is 13.9 Å². The molecule has 6 heteroatoms. The molecule has 14 heavy (non-hydrogen) atoms. The molecule has 1 saturated heterocycles. The average Bonchev–Trinajstić information content (AvgIpc) is 2.15. The molecule has 0 aromatic carbocycles. The van der Waals surface area contributed by atoms with Crippen LogP contribution < -0.4 is 0 Å². The number of rotatable bonds is 3. The molecule has 1 aliphatic rings. The van der Waals surface area contributed by atoms with E-state index in [-0.39, 0.29) is 12.8 Å². The minimum atomic E-state index is -3.00. The molecule has 1 rings (SSSR count). The zero-order valence-electron chi connectivity index (χ0n) is 7.64. The molecular weight excluding hydrogens is 207 g/mol. The van der Waals surface area contributed by atoms with Crippen molar-refractivity contribution in [1.29, 1.82) is 0 Å². The fourth-order valence-corrected chi connectivity index (χ4v) is 2.44. The molecule has 78 valence electrons. The Morgan fingerprint density at radius 2 is 2.21 bits per heavy atom. The van der Waals surface area contributed by atoms with E-state index >= 15 is 0 Å². The number of ether oxygens (including phenoxy) is 1. The summed E-state index contributed by atoms with van der Waals surface area (Å²) in [7, 11) is -3.00. The van der Waals surface area contributed by atoms with Gasteiger partial charge in [-0.05, 0) is 0 Å². The smallest absolute Gasteiger partial charge is 0.420 e. The van der Waals surface area contributed by atoms with Crippen LogP contribution in [0, 0.1) is 12.3 Å². The molecule has 1 fully saturated rings. The van der Waals surface area contributed by atoms with Crippen molar-refractivity contribution in [2.45, 2.75) is 6.42 Å². The minimum absolute atomic E-state index is 0.0984. The molecule has 5 nitrogen and oxygen atoms in total. The summed E-state index contributed by atoms with van der Waals surface area (Å²) in [6, 6.07) is 0. The van der Waals surface area contributed by atoms with Crippen molar-refractivity contribution < 1.29 is 23.5 Å². The molecule has 0 aromatic rings. The third kappa shape index (κ3) is 3.60. The zero-order valence-corrected chi connectivity index (χ0v) is 8.53. The first-order valence-corrected chi connectivity index (χ1v) is 5.91. The maximum atomic E-state index is 11.1. The number of carbonyl (C=O) groups is 1. The summed E-state index contributed by atoms with van der Waals surface area (Å²) >= 11 is 0. The fourth-order valence-electron chi connectivity index (χ4n) is 0.933. The quantitative estimate of drug-likeness (QED) is 0.421. The molecule has 1 N–H and O–H groups in total. The summed E-state index contributed by atoms with van der Waals surface area (Å²) in [6.07, 6.45) is 5.37. The van der Waals surface area contributed by atoms with Gasteiger partial charge in [0.15, 0.2) is 6.61 Å². The molecule has 0 saturated carbocycles. The highest BCUT2D eigenvalue weighted by molar-refractivity contribution is 7.61. The Labute approximate surface area is 82.9 Å². The van der Waals surface area contributed by atoms with Crippen LogP contribution in [0.3, 0.4) is 0 Å². The molecule has 0 aromatic heterocycles. The van der Waals surface area contributed by atoms with Crippen LogP contribution in [-0.4, -0.2) is 36.8 Å². The summed E-state index contributed by atoms with van der Waals surface area (Å²) in [5, 5.41) is 0. The van der Waals surface area contributed by atoms with E-state index in [1.807, 2.05) is 0 Å². The molecule has 0 bridgehead atoms. The Morgan fingerprint density at radius 3 is 2.79 bits per heavy atom. The normalized spacial score (nSPS) is 19.7. The van der Waals surface area contributed by atoms with Gasteiger partial charge in [0.1, 0.15) is 0 Å². The Kier molecular flexibility index (Phi) is 4.30. The molecular formula is C8H12O5P+. The minimum Gasteiger partial charge on any atom is -0.450 e. The highest BCUT2D eigenvalue weighted by atomic mass is 31.2. The Hall–Kier alpha value is -0.660. The van der Waals surface area contributed by atoms with Crippen molar-refractivity contribution in [3.05, 3.63) is 0 Å². The van der Waals surface area contributed by atoms with Crippen molar-refractivity contribution in [1.82, 2.24) is 0 Å². The number of hydrogen-bond acceptors (Lipinski definition) is 5. The molecule has 1 heterocycles. The van der Waals surface area contributed by atoms with E-state index in [1.54, 1.807) is 0 Å². The van der Waals surface area contributed by atoms with Crippen LogP contribution in [0.4, 0.5) is 0 Å². The lowest BCUT2D eigenvalue weighted by Crippen LogP contribution is -2.21. The summed E-state index contributed by atoms with van der Waals surface area (Å²) in [4.78, 5) is 20.7. The topological polar surface area (TPSA) is 65.0 Å². The van der Waals surface area contributed by atoms with E-state index in [0.717, 1.165) is 6.42 Å². The van der Waals surface area contributed by atoms with Crippen molar-refractivity contribution in [2.75, 3.05) is 26.0 Å². The molecule has 0 unspecified atom stereocenters. The summed E-state index contributed by atoms with van der Waals surface area (Å²) in [5.41, 5.74) is 0. The summed E-state index contributed by atoms with van der Waals surface area (Å²) in [6.45, 7) is 0.720. The SMILES string of the molecule is C#CCOC(=O)C[P+]1(O)OCCCO1. The van der Waals surface area contributed by atoms with Crippen LogP contribution >= 0.6 is 7.94 Å². The monoisotopic (exact) mass is 219 g/mol. The zero-order chi connectivity index (χ0) is 10.4. The maximum absolute atomic E-state index is 11.1. The number of carbonyl (C=O) groups excluding carboxylic acids is 1. The third-order valence-corrected chi connectivity index (χ3v) is 3.35. The van der Waals surface area contributed by atoms with Gasteiger partial charge in [-0.1, -0.05) is 5.92 Å². The largest absolute Gasteiger partial charge is 0.450 e. The van der Waals surface area contributed by atoms with E-state index in [4.69, 9.17) is 15.5 Å². The second kappa shape index (κ2) is 5.28. The molecule has 0 spiro atoms. The van der Waals surface area contributed by atoms with Gasteiger partial charge in [0.25, 0.3) is 0 Å². The van der Waals surface area contributed by atoms with Crippen LogP contribution in [0.5, 0.6) is 0 Å². The van der Waals surface area contributed by atoms with E-state index in [9.17, 15) is 9.69 Å². The van der Waals surface area contributed by atoms with Crippen molar-refractivity contribution in [3.63, 3.8) is 0 Å². The molecule has 0 atom stereocenters. The maximum Gasteiger partial charge on any atom is 0.420 e. The van der Waals surface area contributed by atoms with Gasteiger partial charge in [0.05, 0.1) is 13.2 Å². The predicted octanol–water partition coefficient (Wildman–Crippen LogP) is 0.355. The first kappa shape index (κ1) is 11.4. The Morgan fingerprint density at radius 1 is 1.57 bits per heavy atom. The van der Waals surface area contributed by atoms with Crippen LogP contribution in [-0.2, 0) is 18.6 Å². The van der Waals surface area contributed by atoms with Gasteiger partial charge in [0.2, 0.25) is 6.16 Å². The second-order valence-corrected chi connectivity index (χ2v) is 4.79. The molecule has 1 aliphatic heterocycles. The van der Waals surface area contributed by atoms with E-state index < -0.39 is 13.9 Å². The van der Waals surface area contributed by atoms with Gasteiger partial charge in [-0.3, -0.25) is 0 Å². The van der Waals surface area contributed by atoms with Gasteiger partial charge >= 0.3 is 13.9 Å². The van der Waals surface area contributed by atoms with Gasteiger partial charge in [-0.15, -0.1) is 6.42 Å². The number of esters is 1. The van der Waals surface area contributed by atoms with E-state index in [2.05, 4.69) is 10.7 Å². The molecule has 0 aliphatic carbocycles. The molecule has 0 radical (unpaired) electrons. The lowest BCUT2D eigenvalue weighted by molar-refractivity contribution is -0.139. The second-order valence-electron chi connectivity index (χ2n) is 2.68. The van der Waals surface area contributed by atoms with Crippen LogP contribution in [0.2, 0.25) is 0 Å². The van der Waals surface area contributed by atoms with Crippen molar-refractivity contribution in [3.8, 4) is 12.3 Å². The van der Waals surface area contributed by atoms with Gasteiger partial charge in [0, 0.05) is 6.42 Å². The van der Waals surface area contributed by atoms with Crippen molar-refractivity contribution in [2.24, 2.45) is 0 Å². The van der Waals surface area contributed by atoms with E-state index in [1.165, 1.54) is 0 Å². The molecule has 0 amide bonds. The third-order valence-electron chi connectivity index (χ3n) is 1.52. The highest BCUT2D eigenvalue weighted by Crippen LogP contribution is 2.58. The first-order valence-electron chi connectivity index (χ1n) is 4.15. The fraction of sp³-hybridized carbons (Fsp3) is 0.625. The first-order chi connectivity index (χ1) is 6.66. The summed E-state index contributed by atoms with van der Waals surface area (Å²) in [5.74, 6) is 1.56. The number of hydrogen-bond donors (Lipinski definition) is 1.